The number of unbranched alkanes of at least 4 members (excludes halogenated alkanes) is 2. The van der Waals surface area contributed by atoms with Crippen LogP contribution in [0.4, 0.5) is 0 Å². The van der Waals surface area contributed by atoms with E-state index in [1.165, 1.54) is 11.3 Å². The van der Waals surface area contributed by atoms with Crippen molar-refractivity contribution in [2.75, 3.05) is 12.4 Å². The maximum absolute atomic E-state index is 9.85. The van der Waals surface area contributed by atoms with E-state index in [-0.39, 0.29) is 0 Å². The topological polar surface area (TPSA) is 26.3 Å². The highest BCUT2D eigenvalue weighted by atomic mass is 32.2. The predicted molar refractivity (Wildman–Crippen MR) is 63.0 cm³/mol. The van der Waals surface area contributed by atoms with Crippen molar-refractivity contribution in [2.24, 2.45) is 0 Å². The molecule has 1 aromatic carbocycles. The smallest absolute Gasteiger partial charge is 0.293 e. The van der Waals surface area contributed by atoms with Crippen LogP contribution in [0.2, 0.25) is 0 Å². The number of benzene rings is 1. The summed E-state index contributed by atoms with van der Waals surface area (Å²) in [5.74, 6) is 1.13. The van der Waals surface area contributed by atoms with Crippen LogP contribution in [0.1, 0.15) is 19.3 Å². The minimum absolute atomic E-state index is 0.513. The van der Waals surface area contributed by atoms with E-state index in [4.69, 9.17) is 0 Å². The maximum Gasteiger partial charge on any atom is 0.293 e. The van der Waals surface area contributed by atoms with Gasteiger partial charge in [0, 0.05) is 4.90 Å². The Hall–Kier alpha value is -0.960. The molecule has 1 aromatic rings. The molecule has 0 unspecified atom stereocenters. The van der Waals surface area contributed by atoms with Crippen LogP contribution in [-0.2, 0) is 9.53 Å². The zero-order valence-corrected chi connectivity index (χ0v) is 9.54. The van der Waals surface area contributed by atoms with Gasteiger partial charge in [0.25, 0.3) is 6.47 Å². The number of thioether (sulfide) groups is 1. The monoisotopic (exact) mass is 224 g/mol. The average molecular weight is 224 g/mol. The zero-order valence-electron chi connectivity index (χ0n) is 8.72. The highest BCUT2D eigenvalue weighted by molar-refractivity contribution is 7.99. The third-order valence-corrected chi connectivity index (χ3v) is 3.08. The Bertz CT molecular complexity index is 262. The summed E-state index contributed by atoms with van der Waals surface area (Å²) >= 11 is 1.87. The highest BCUT2D eigenvalue weighted by Crippen LogP contribution is 2.18. The lowest BCUT2D eigenvalue weighted by atomic mass is 10.3. The van der Waals surface area contributed by atoms with E-state index < -0.39 is 0 Å². The largest absolute Gasteiger partial charge is 0.468 e. The molecule has 0 atom stereocenters. The summed E-state index contributed by atoms with van der Waals surface area (Å²) in [4.78, 5) is 11.2. The van der Waals surface area contributed by atoms with Crippen LogP contribution in [-0.4, -0.2) is 18.8 Å². The van der Waals surface area contributed by atoms with Crippen LogP contribution < -0.4 is 0 Å². The first-order valence-corrected chi connectivity index (χ1v) is 6.15. The van der Waals surface area contributed by atoms with Crippen LogP contribution in [0, 0.1) is 0 Å². The number of hydrogen-bond acceptors (Lipinski definition) is 3. The van der Waals surface area contributed by atoms with E-state index >= 15 is 0 Å². The lowest BCUT2D eigenvalue weighted by molar-refractivity contribution is -0.128. The average Bonchev–Trinajstić information content (AvgIpc) is 2.29. The molecule has 15 heavy (non-hydrogen) atoms. The number of hydrogen-bond donors (Lipinski definition) is 0. The summed E-state index contributed by atoms with van der Waals surface area (Å²) < 4.78 is 4.61. The van der Waals surface area contributed by atoms with Crippen LogP contribution in [0.3, 0.4) is 0 Å². The summed E-state index contributed by atoms with van der Waals surface area (Å²) in [7, 11) is 0. The fraction of sp³-hybridized carbons (Fsp3) is 0.417. The van der Waals surface area contributed by atoms with Gasteiger partial charge in [-0.3, -0.25) is 4.79 Å². The summed E-state index contributed by atoms with van der Waals surface area (Å²) in [5.41, 5.74) is 0. The van der Waals surface area contributed by atoms with Gasteiger partial charge in [0.05, 0.1) is 6.61 Å². The van der Waals surface area contributed by atoms with Crippen LogP contribution >= 0.6 is 11.8 Å². The van der Waals surface area contributed by atoms with Gasteiger partial charge in [-0.25, -0.2) is 0 Å². The number of carbonyl (C=O) groups is 1. The maximum atomic E-state index is 9.85. The molecule has 0 aromatic heterocycles. The molecule has 3 heteroatoms. The molecular weight excluding hydrogens is 208 g/mol. The van der Waals surface area contributed by atoms with Crippen molar-refractivity contribution in [2.45, 2.75) is 24.2 Å². The van der Waals surface area contributed by atoms with Gasteiger partial charge in [-0.15, -0.1) is 11.8 Å². The van der Waals surface area contributed by atoms with Gasteiger partial charge >= 0.3 is 0 Å². The molecule has 0 bridgehead atoms. The molecule has 0 spiro atoms. The molecule has 82 valence electrons. The Balaban J connectivity index is 1.95. The van der Waals surface area contributed by atoms with E-state index in [2.05, 4.69) is 29.0 Å². The molecule has 0 amide bonds. The molecular formula is C12H16O2S. The number of carbonyl (C=O) groups excluding carboxylic acids is 1. The Labute approximate surface area is 95.0 Å². The van der Waals surface area contributed by atoms with Crippen molar-refractivity contribution in [1.82, 2.24) is 0 Å². The molecule has 0 aliphatic heterocycles. The first-order chi connectivity index (χ1) is 7.43. The molecule has 0 saturated heterocycles. The van der Waals surface area contributed by atoms with E-state index in [9.17, 15) is 4.79 Å². The summed E-state index contributed by atoms with van der Waals surface area (Å²) in [6.45, 7) is 1.07. The van der Waals surface area contributed by atoms with E-state index in [0.717, 1.165) is 18.6 Å². The van der Waals surface area contributed by atoms with E-state index in [1.807, 2.05) is 17.8 Å². The summed E-state index contributed by atoms with van der Waals surface area (Å²) in [5, 5.41) is 0. The second-order valence-corrected chi connectivity index (χ2v) is 4.36. The van der Waals surface area contributed by atoms with Gasteiger partial charge in [0.2, 0.25) is 0 Å². The van der Waals surface area contributed by atoms with Crippen molar-refractivity contribution in [3.8, 4) is 0 Å². The SMILES string of the molecule is O=COCCCCCSc1ccccc1. The van der Waals surface area contributed by atoms with Crippen molar-refractivity contribution in [1.29, 1.82) is 0 Å². The summed E-state index contributed by atoms with van der Waals surface area (Å²) in [6, 6.07) is 10.4. The predicted octanol–water partition coefficient (Wildman–Crippen LogP) is 3.12. The second kappa shape index (κ2) is 8.36. The fourth-order valence-corrected chi connectivity index (χ4v) is 2.15. The van der Waals surface area contributed by atoms with Crippen LogP contribution in [0.5, 0.6) is 0 Å². The van der Waals surface area contributed by atoms with Crippen molar-refractivity contribution in [3.63, 3.8) is 0 Å². The number of ether oxygens (including phenoxy) is 1. The van der Waals surface area contributed by atoms with Crippen molar-refractivity contribution >= 4 is 18.2 Å². The summed E-state index contributed by atoms with van der Waals surface area (Å²) in [6.07, 6.45) is 3.25. The zero-order chi connectivity index (χ0) is 10.8. The molecule has 0 fully saturated rings. The van der Waals surface area contributed by atoms with E-state index in [1.54, 1.807) is 0 Å². The Morgan fingerprint density at radius 3 is 2.67 bits per heavy atom. The fourth-order valence-electron chi connectivity index (χ4n) is 1.22. The Kier molecular flexibility index (Phi) is 6.75. The quantitative estimate of drug-likeness (QED) is 0.385. The molecule has 1 rings (SSSR count). The van der Waals surface area contributed by atoms with Crippen LogP contribution in [0.15, 0.2) is 35.2 Å². The second-order valence-electron chi connectivity index (χ2n) is 3.19. The van der Waals surface area contributed by atoms with Gasteiger partial charge in [0.15, 0.2) is 0 Å². The third-order valence-electron chi connectivity index (χ3n) is 1.99. The van der Waals surface area contributed by atoms with E-state index in [0.29, 0.717) is 13.1 Å². The van der Waals surface area contributed by atoms with Gasteiger partial charge in [-0.1, -0.05) is 18.2 Å². The first-order valence-electron chi connectivity index (χ1n) is 5.16. The third kappa shape index (κ3) is 6.18. The van der Waals surface area contributed by atoms with Crippen LogP contribution in [0.25, 0.3) is 0 Å². The molecule has 0 N–H and O–H groups in total. The molecule has 2 nitrogen and oxygen atoms in total. The lowest BCUT2D eigenvalue weighted by Crippen LogP contribution is -1.91. The number of rotatable bonds is 8. The highest BCUT2D eigenvalue weighted by Gasteiger charge is 1.93. The standard InChI is InChI=1S/C12H16O2S/c13-11-14-9-5-2-6-10-15-12-7-3-1-4-8-12/h1,3-4,7-8,11H,2,5-6,9-10H2. The Morgan fingerprint density at radius 2 is 1.93 bits per heavy atom. The molecule has 0 radical (unpaired) electrons. The Morgan fingerprint density at radius 1 is 1.13 bits per heavy atom. The molecule has 0 aliphatic carbocycles. The minimum Gasteiger partial charge on any atom is -0.468 e. The van der Waals surface area contributed by atoms with Crippen molar-refractivity contribution < 1.29 is 9.53 Å². The lowest BCUT2D eigenvalue weighted by Gasteiger charge is -2.01. The van der Waals surface area contributed by atoms with Gasteiger partial charge in [0.1, 0.15) is 0 Å². The van der Waals surface area contributed by atoms with Gasteiger partial charge in [-0.2, -0.15) is 0 Å². The first kappa shape index (κ1) is 12.1. The molecule has 0 aliphatic rings. The van der Waals surface area contributed by atoms with Gasteiger partial charge < -0.3 is 4.74 Å². The van der Waals surface area contributed by atoms with Gasteiger partial charge in [-0.05, 0) is 37.1 Å². The van der Waals surface area contributed by atoms with Crippen molar-refractivity contribution in [3.05, 3.63) is 30.3 Å². The molecule has 0 saturated carbocycles. The normalized spacial score (nSPS) is 9.87. The molecule has 0 heterocycles. The minimum atomic E-state index is 0.513.